The molecule has 0 aromatic heterocycles. The van der Waals surface area contributed by atoms with Crippen LogP contribution >= 0.6 is 0 Å². The van der Waals surface area contributed by atoms with Gasteiger partial charge < -0.3 is 15.0 Å². The van der Waals surface area contributed by atoms with Crippen LogP contribution < -0.4 is 5.32 Å². The lowest BCUT2D eigenvalue weighted by atomic mass is 9.98. The van der Waals surface area contributed by atoms with E-state index in [1.54, 1.807) is 0 Å². The van der Waals surface area contributed by atoms with Crippen molar-refractivity contribution in [3.8, 4) is 6.07 Å². The van der Waals surface area contributed by atoms with Crippen molar-refractivity contribution in [2.45, 2.75) is 43.7 Å². The molecule has 4 heteroatoms. The van der Waals surface area contributed by atoms with E-state index in [1.807, 2.05) is 7.05 Å². The van der Waals surface area contributed by atoms with E-state index >= 15 is 0 Å². The molecule has 1 saturated carbocycles. The Hall–Kier alpha value is -0.630. The van der Waals surface area contributed by atoms with Crippen LogP contribution in [-0.4, -0.2) is 50.3 Å². The molecule has 3 atom stereocenters. The van der Waals surface area contributed by atoms with Crippen LogP contribution in [0, 0.1) is 17.2 Å². The maximum atomic E-state index is 9.29. The van der Waals surface area contributed by atoms with Gasteiger partial charge in [-0.1, -0.05) is 0 Å². The van der Waals surface area contributed by atoms with E-state index in [9.17, 15) is 5.26 Å². The lowest BCUT2D eigenvalue weighted by molar-refractivity contribution is 0.0362. The van der Waals surface area contributed by atoms with E-state index in [2.05, 4.69) is 23.3 Å². The van der Waals surface area contributed by atoms with Gasteiger partial charge in [0.15, 0.2) is 0 Å². The van der Waals surface area contributed by atoms with Crippen LogP contribution in [0.5, 0.6) is 0 Å². The maximum absolute atomic E-state index is 9.29. The van der Waals surface area contributed by atoms with Crippen molar-refractivity contribution >= 4 is 0 Å². The van der Waals surface area contributed by atoms with Crippen LogP contribution in [0.2, 0.25) is 0 Å². The van der Waals surface area contributed by atoms with E-state index in [0.717, 1.165) is 39.0 Å². The largest absolute Gasteiger partial charge is 0.381 e. The van der Waals surface area contributed by atoms with Gasteiger partial charge in [0.1, 0.15) is 5.54 Å². The summed E-state index contributed by atoms with van der Waals surface area (Å²) in [5, 5.41) is 12.5. The van der Waals surface area contributed by atoms with Crippen molar-refractivity contribution in [2.24, 2.45) is 5.92 Å². The Morgan fingerprint density at radius 3 is 2.89 bits per heavy atom. The van der Waals surface area contributed by atoms with Gasteiger partial charge in [0.05, 0.1) is 12.7 Å². The molecule has 0 aromatic carbocycles. The van der Waals surface area contributed by atoms with Gasteiger partial charge in [-0.25, -0.2) is 0 Å². The van der Waals surface area contributed by atoms with Crippen LogP contribution in [0.1, 0.15) is 32.1 Å². The first-order valence-corrected chi connectivity index (χ1v) is 7.07. The number of hydrogen-bond acceptors (Lipinski definition) is 4. The highest BCUT2D eigenvalue weighted by Gasteiger charge is 2.39. The fraction of sp³-hybridized carbons (Fsp3) is 0.929. The van der Waals surface area contributed by atoms with Gasteiger partial charge in [0.25, 0.3) is 0 Å². The predicted octanol–water partition coefficient (Wildman–Crippen LogP) is 1.38. The van der Waals surface area contributed by atoms with Crippen LogP contribution in [0.25, 0.3) is 0 Å². The number of nitriles is 1. The highest BCUT2D eigenvalue weighted by Crippen LogP contribution is 2.32. The van der Waals surface area contributed by atoms with Gasteiger partial charge in [-0.05, 0) is 52.1 Å². The van der Waals surface area contributed by atoms with Crippen LogP contribution in [-0.2, 0) is 4.74 Å². The quantitative estimate of drug-likeness (QED) is 0.820. The standard InChI is InChI=1S/C14H25N3O/c1-16-14(11-15)6-5-13(8-14)17(2)9-12-4-3-7-18-10-12/h12-13,16H,3-10H2,1-2H3. The topological polar surface area (TPSA) is 48.3 Å². The molecule has 1 aliphatic carbocycles. The molecular formula is C14H25N3O. The van der Waals surface area contributed by atoms with Gasteiger partial charge in [-0.3, -0.25) is 0 Å². The van der Waals surface area contributed by atoms with E-state index in [4.69, 9.17) is 4.74 Å². The zero-order chi connectivity index (χ0) is 13.0. The van der Waals surface area contributed by atoms with Crippen molar-refractivity contribution < 1.29 is 4.74 Å². The summed E-state index contributed by atoms with van der Waals surface area (Å²) < 4.78 is 5.54. The van der Waals surface area contributed by atoms with Gasteiger partial charge in [-0.2, -0.15) is 5.26 Å². The summed E-state index contributed by atoms with van der Waals surface area (Å²) in [5.41, 5.74) is -0.290. The molecular weight excluding hydrogens is 226 g/mol. The molecule has 0 radical (unpaired) electrons. The normalized spacial score (nSPS) is 36.8. The summed E-state index contributed by atoms with van der Waals surface area (Å²) in [5.74, 6) is 0.676. The molecule has 4 nitrogen and oxygen atoms in total. The van der Waals surface area contributed by atoms with Crippen LogP contribution in [0.4, 0.5) is 0 Å². The summed E-state index contributed by atoms with van der Waals surface area (Å²) in [7, 11) is 4.10. The fourth-order valence-corrected chi connectivity index (χ4v) is 3.29. The van der Waals surface area contributed by atoms with Gasteiger partial charge in [0.2, 0.25) is 0 Å². The minimum atomic E-state index is -0.290. The molecule has 0 spiro atoms. The Balaban J connectivity index is 1.83. The summed E-state index contributed by atoms with van der Waals surface area (Å²) in [6.07, 6.45) is 5.52. The second-order valence-corrected chi connectivity index (χ2v) is 5.86. The molecule has 2 fully saturated rings. The Morgan fingerprint density at radius 1 is 1.50 bits per heavy atom. The van der Waals surface area contributed by atoms with Crippen LogP contribution in [0.3, 0.4) is 0 Å². The maximum Gasteiger partial charge on any atom is 0.108 e. The molecule has 1 saturated heterocycles. The highest BCUT2D eigenvalue weighted by atomic mass is 16.5. The first kappa shape index (κ1) is 13.8. The first-order valence-electron chi connectivity index (χ1n) is 7.07. The molecule has 1 N–H and O–H groups in total. The van der Waals surface area contributed by atoms with Crippen molar-refractivity contribution in [1.29, 1.82) is 5.26 Å². The molecule has 102 valence electrons. The number of rotatable bonds is 4. The SMILES string of the molecule is CNC1(C#N)CCC(N(C)CC2CCCOC2)C1. The first-order chi connectivity index (χ1) is 8.69. The minimum absolute atomic E-state index is 0.290. The molecule has 1 aliphatic heterocycles. The number of nitrogens with zero attached hydrogens (tertiary/aromatic N) is 2. The Bertz CT molecular complexity index is 309. The van der Waals surface area contributed by atoms with E-state index in [-0.39, 0.29) is 5.54 Å². The van der Waals surface area contributed by atoms with Gasteiger partial charge in [0, 0.05) is 19.2 Å². The van der Waals surface area contributed by atoms with E-state index in [1.165, 1.54) is 12.8 Å². The lowest BCUT2D eigenvalue weighted by Crippen LogP contribution is -2.42. The van der Waals surface area contributed by atoms with Crippen molar-refractivity contribution in [3.63, 3.8) is 0 Å². The van der Waals surface area contributed by atoms with Crippen molar-refractivity contribution in [2.75, 3.05) is 33.9 Å². The highest BCUT2D eigenvalue weighted by molar-refractivity contribution is 5.12. The van der Waals surface area contributed by atoms with E-state index in [0.29, 0.717) is 12.0 Å². The molecule has 18 heavy (non-hydrogen) atoms. The van der Waals surface area contributed by atoms with Gasteiger partial charge >= 0.3 is 0 Å². The third-order valence-electron chi connectivity index (χ3n) is 4.61. The monoisotopic (exact) mass is 251 g/mol. The second kappa shape index (κ2) is 6.01. The molecule has 1 heterocycles. The fourth-order valence-electron chi connectivity index (χ4n) is 3.29. The zero-order valence-electron chi connectivity index (χ0n) is 11.6. The molecule has 3 unspecified atom stereocenters. The number of ether oxygens (including phenoxy) is 1. The lowest BCUT2D eigenvalue weighted by Gasteiger charge is -2.31. The van der Waals surface area contributed by atoms with Gasteiger partial charge in [-0.15, -0.1) is 0 Å². The number of nitrogens with one attached hydrogen (secondary N) is 1. The second-order valence-electron chi connectivity index (χ2n) is 5.86. The number of hydrogen-bond donors (Lipinski definition) is 1. The van der Waals surface area contributed by atoms with Crippen LogP contribution in [0.15, 0.2) is 0 Å². The Kier molecular flexibility index (Phi) is 4.60. The molecule has 0 bridgehead atoms. The minimum Gasteiger partial charge on any atom is -0.381 e. The average molecular weight is 251 g/mol. The summed E-state index contributed by atoms with van der Waals surface area (Å²) >= 11 is 0. The molecule has 0 aromatic rings. The van der Waals surface area contributed by atoms with Crippen molar-refractivity contribution in [1.82, 2.24) is 10.2 Å². The molecule has 2 aliphatic rings. The van der Waals surface area contributed by atoms with E-state index < -0.39 is 0 Å². The zero-order valence-corrected chi connectivity index (χ0v) is 11.6. The molecule has 0 amide bonds. The summed E-state index contributed by atoms with van der Waals surface area (Å²) in [6.45, 7) is 2.95. The third kappa shape index (κ3) is 3.03. The Morgan fingerprint density at radius 2 is 2.33 bits per heavy atom. The summed E-state index contributed by atoms with van der Waals surface area (Å²) in [6, 6.07) is 2.99. The molecule has 2 rings (SSSR count). The summed E-state index contributed by atoms with van der Waals surface area (Å²) in [4.78, 5) is 2.44. The Labute approximate surface area is 110 Å². The van der Waals surface area contributed by atoms with Crippen molar-refractivity contribution in [3.05, 3.63) is 0 Å². The smallest absolute Gasteiger partial charge is 0.108 e. The average Bonchev–Trinajstić information content (AvgIpc) is 2.85. The third-order valence-corrected chi connectivity index (χ3v) is 4.61. The predicted molar refractivity (Wildman–Crippen MR) is 71.2 cm³/mol.